The van der Waals surface area contributed by atoms with E-state index in [1.807, 2.05) is 28.7 Å². The maximum atomic E-state index is 11.3. The summed E-state index contributed by atoms with van der Waals surface area (Å²) >= 11 is 2.02. The van der Waals surface area contributed by atoms with Crippen LogP contribution in [0.3, 0.4) is 0 Å². The third kappa shape index (κ3) is 4.00. The van der Waals surface area contributed by atoms with Crippen LogP contribution in [-0.4, -0.2) is 36.8 Å². The number of nitrogen functional groups attached to an aromatic ring is 2. The van der Waals surface area contributed by atoms with E-state index in [0.717, 1.165) is 0 Å². The minimum atomic E-state index is -0.523. The number of carbonyl (C=O) groups excluding carboxylic acids is 1. The van der Waals surface area contributed by atoms with Crippen molar-refractivity contribution < 1.29 is 19.0 Å². The minimum Gasteiger partial charge on any atom is -0.493 e. The molecular weight excluding hydrogens is 441 g/mol. The molecule has 25 heavy (non-hydrogen) atoms. The van der Waals surface area contributed by atoms with Crippen molar-refractivity contribution in [3.8, 4) is 28.8 Å². The average Bonchev–Trinajstić information content (AvgIpc) is 2.59. The lowest BCUT2D eigenvalue weighted by atomic mass is 10.1. The molecule has 1 aromatic heterocycles. The van der Waals surface area contributed by atoms with E-state index in [1.54, 1.807) is 12.1 Å². The lowest BCUT2D eigenvalue weighted by molar-refractivity contribution is -0.142. The summed E-state index contributed by atoms with van der Waals surface area (Å²) in [6, 6.07) is 5.28. The van der Waals surface area contributed by atoms with Gasteiger partial charge >= 0.3 is 5.97 Å². The van der Waals surface area contributed by atoms with Crippen LogP contribution in [0.4, 0.5) is 11.8 Å². The van der Waals surface area contributed by atoms with Gasteiger partial charge in [0.2, 0.25) is 5.95 Å². The number of aromatic nitrogens is 2. The number of rotatable bonds is 5. The Morgan fingerprint density at radius 3 is 2.64 bits per heavy atom. The summed E-state index contributed by atoms with van der Waals surface area (Å²) in [5.74, 6) is 0.137. The summed E-state index contributed by atoms with van der Waals surface area (Å²) in [5.41, 5.74) is 12.3. The second-order valence-corrected chi connectivity index (χ2v) is 5.82. The SMILES string of the molecule is COC(=O)COc1c(I)cc(-c2nc(N)nc(N)c2C#N)cc1OC. The molecule has 0 atom stereocenters. The summed E-state index contributed by atoms with van der Waals surface area (Å²) in [5, 5.41) is 9.31. The Labute approximate surface area is 157 Å². The number of nitrogens with two attached hydrogens (primary N) is 2. The van der Waals surface area contributed by atoms with Gasteiger partial charge in [-0.3, -0.25) is 0 Å². The molecule has 0 aliphatic carbocycles. The summed E-state index contributed by atoms with van der Waals surface area (Å²) in [6.45, 7) is -0.265. The fraction of sp³-hybridized carbons (Fsp3) is 0.200. The zero-order chi connectivity index (χ0) is 18.6. The summed E-state index contributed by atoms with van der Waals surface area (Å²) in [4.78, 5) is 19.2. The van der Waals surface area contributed by atoms with Gasteiger partial charge in [0.25, 0.3) is 0 Å². The number of nitriles is 1. The Bertz CT molecular complexity index is 866. The zero-order valence-corrected chi connectivity index (χ0v) is 15.5. The standard InChI is InChI=1S/C15H14IN5O4/c1-23-10-4-7(3-9(16)13(10)25-6-11(22)24-2)12-8(5-17)14(18)21-15(19)20-12/h3-4H,6H2,1-2H3,(H4,18,19,20,21). The third-order valence-corrected chi connectivity index (χ3v) is 3.93. The topological polar surface area (TPSA) is 146 Å². The highest BCUT2D eigenvalue weighted by Gasteiger charge is 2.19. The molecule has 0 spiro atoms. The first-order chi connectivity index (χ1) is 11.9. The van der Waals surface area contributed by atoms with Crippen LogP contribution in [0, 0.1) is 14.9 Å². The highest BCUT2D eigenvalue weighted by Crippen LogP contribution is 2.38. The molecule has 0 saturated heterocycles. The van der Waals surface area contributed by atoms with Crippen LogP contribution in [0.15, 0.2) is 12.1 Å². The second-order valence-electron chi connectivity index (χ2n) is 4.66. The molecule has 9 nitrogen and oxygen atoms in total. The quantitative estimate of drug-likeness (QED) is 0.504. The lowest BCUT2D eigenvalue weighted by Gasteiger charge is -2.14. The number of ether oxygens (including phenoxy) is 3. The molecule has 4 N–H and O–H groups in total. The van der Waals surface area contributed by atoms with E-state index in [1.165, 1.54) is 14.2 Å². The van der Waals surface area contributed by atoms with E-state index in [0.29, 0.717) is 20.6 Å². The van der Waals surface area contributed by atoms with E-state index in [2.05, 4.69) is 14.7 Å². The molecule has 0 radical (unpaired) electrons. The molecule has 0 saturated carbocycles. The summed E-state index contributed by atoms with van der Waals surface area (Å²) in [6.07, 6.45) is 0. The fourth-order valence-corrected chi connectivity index (χ4v) is 2.76. The Kier molecular flexibility index (Phi) is 5.81. The van der Waals surface area contributed by atoms with E-state index >= 15 is 0 Å². The first-order valence-corrected chi connectivity index (χ1v) is 7.89. The Hall–Kier alpha value is -2.81. The Morgan fingerprint density at radius 2 is 2.04 bits per heavy atom. The van der Waals surface area contributed by atoms with Crippen LogP contribution >= 0.6 is 22.6 Å². The van der Waals surface area contributed by atoms with Crippen LogP contribution < -0.4 is 20.9 Å². The molecule has 1 heterocycles. The summed E-state index contributed by atoms with van der Waals surface area (Å²) in [7, 11) is 2.72. The predicted octanol–water partition coefficient (Wildman–Crippen LogP) is 1.34. The highest BCUT2D eigenvalue weighted by atomic mass is 127. The predicted molar refractivity (Wildman–Crippen MR) is 97.8 cm³/mol. The van der Waals surface area contributed by atoms with Gasteiger partial charge in [0.1, 0.15) is 17.5 Å². The first-order valence-electron chi connectivity index (χ1n) is 6.81. The molecule has 0 bridgehead atoms. The maximum absolute atomic E-state index is 11.3. The van der Waals surface area contributed by atoms with Crippen molar-refractivity contribution in [2.45, 2.75) is 0 Å². The molecule has 0 fully saturated rings. The van der Waals surface area contributed by atoms with Gasteiger partial charge in [-0.25, -0.2) is 9.78 Å². The molecule has 2 rings (SSSR count). The molecule has 130 valence electrons. The molecule has 0 amide bonds. The summed E-state index contributed by atoms with van der Waals surface area (Å²) < 4.78 is 16.0. The van der Waals surface area contributed by atoms with Crippen molar-refractivity contribution >= 4 is 40.3 Å². The van der Waals surface area contributed by atoms with E-state index < -0.39 is 5.97 Å². The lowest BCUT2D eigenvalue weighted by Crippen LogP contribution is -2.13. The number of hydrogen-bond acceptors (Lipinski definition) is 9. The number of nitrogens with zero attached hydrogens (tertiary/aromatic N) is 3. The Morgan fingerprint density at radius 1 is 1.32 bits per heavy atom. The van der Waals surface area contributed by atoms with Crippen LogP contribution in [0.2, 0.25) is 0 Å². The molecule has 2 aromatic rings. The highest BCUT2D eigenvalue weighted by molar-refractivity contribution is 14.1. The first kappa shape index (κ1) is 18.5. The van der Waals surface area contributed by atoms with Gasteiger partial charge in [0.05, 0.1) is 23.5 Å². The molecule has 0 unspecified atom stereocenters. The maximum Gasteiger partial charge on any atom is 0.343 e. The number of hydrogen-bond donors (Lipinski definition) is 2. The monoisotopic (exact) mass is 455 g/mol. The molecule has 10 heteroatoms. The van der Waals surface area contributed by atoms with Gasteiger partial charge in [0, 0.05) is 5.56 Å². The fourth-order valence-electron chi connectivity index (χ4n) is 2.00. The van der Waals surface area contributed by atoms with Crippen LogP contribution in [0.1, 0.15) is 5.56 Å². The van der Waals surface area contributed by atoms with Crippen molar-refractivity contribution in [3.63, 3.8) is 0 Å². The number of benzene rings is 1. The van der Waals surface area contributed by atoms with Crippen LogP contribution in [0.25, 0.3) is 11.3 Å². The van der Waals surface area contributed by atoms with Gasteiger partial charge in [-0.1, -0.05) is 0 Å². The number of esters is 1. The van der Waals surface area contributed by atoms with Gasteiger partial charge in [-0.05, 0) is 34.7 Å². The number of halogens is 1. The van der Waals surface area contributed by atoms with Crippen LogP contribution in [-0.2, 0) is 9.53 Å². The number of methoxy groups -OCH3 is 2. The molecule has 0 aliphatic rings. The van der Waals surface area contributed by atoms with Gasteiger partial charge in [-0.2, -0.15) is 10.2 Å². The van der Waals surface area contributed by atoms with Crippen molar-refractivity contribution in [1.29, 1.82) is 5.26 Å². The van der Waals surface area contributed by atoms with Gasteiger partial charge in [0.15, 0.2) is 18.1 Å². The van der Waals surface area contributed by atoms with Crippen molar-refractivity contribution in [3.05, 3.63) is 21.3 Å². The zero-order valence-electron chi connectivity index (χ0n) is 13.4. The molecule has 1 aromatic carbocycles. The van der Waals surface area contributed by atoms with E-state index in [9.17, 15) is 10.1 Å². The molecular formula is C15H14IN5O4. The van der Waals surface area contributed by atoms with Crippen molar-refractivity contribution in [2.24, 2.45) is 0 Å². The third-order valence-electron chi connectivity index (χ3n) is 3.13. The minimum absolute atomic E-state index is 0.00927. The van der Waals surface area contributed by atoms with Gasteiger partial charge < -0.3 is 25.7 Å². The normalized spacial score (nSPS) is 10.0. The van der Waals surface area contributed by atoms with E-state index in [-0.39, 0.29) is 29.6 Å². The number of anilines is 2. The Balaban J connectivity index is 2.54. The second kappa shape index (κ2) is 7.84. The van der Waals surface area contributed by atoms with Crippen LogP contribution in [0.5, 0.6) is 11.5 Å². The van der Waals surface area contributed by atoms with Crippen molar-refractivity contribution in [2.75, 3.05) is 32.3 Å². The molecule has 0 aliphatic heterocycles. The van der Waals surface area contributed by atoms with E-state index in [4.69, 9.17) is 20.9 Å². The van der Waals surface area contributed by atoms with Crippen molar-refractivity contribution in [1.82, 2.24) is 9.97 Å². The number of carbonyl (C=O) groups is 1. The largest absolute Gasteiger partial charge is 0.493 e. The smallest absolute Gasteiger partial charge is 0.343 e. The van der Waals surface area contributed by atoms with Gasteiger partial charge in [-0.15, -0.1) is 0 Å². The average molecular weight is 455 g/mol.